The topological polar surface area (TPSA) is 66.2 Å². The summed E-state index contributed by atoms with van der Waals surface area (Å²) in [6.07, 6.45) is -4.69. The zero-order chi connectivity index (χ0) is 14.9. The van der Waals surface area contributed by atoms with Crippen molar-refractivity contribution in [3.63, 3.8) is 0 Å². The number of rotatable bonds is 2. The summed E-state index contributed by atoms with van der Waals surface area (Å²) < 4.78 is 38.2. The predicted molar refractivity (Wildman–Crippen MR) is 67.0 cm³/mol. The Labute approximate surface area is 113 Å². The second kappa shape index (κ2) is 5.22. The van der Waals surface area contributed by atoms with Gasteiger partial charge in [-0.25, -0.2) is 9.97 Å². The van der Waals surface area contributed by atoms with Crippen molar-refractivity contribution in [3.8, 4) is 11.3 Å². The normalized spacial score (nSPS) is 11.5. The van der Waals surface area contributed by atoms with Crippen LogP contribution < -0.4 is 5.72 Å². The molecule has 1 aromatic carbocycles. The molecule has 0 spiro atoms. The molecule has 0 aliphatic carbocycles. The van der Waals surface area contributed by atoms with Crippen LogP contribution in [0, 0.1) is 6.92 Å². The van der Waals surface area contributed by atoms with Crippen LogP contribution in [0.25, 0.3) is 11.3 Å². The minimum Gasteiger partial charge on any atom is -0.421 e. The van der Waals surface area contributed by atoms with Gasteiger partial charge in [0.25, 0.3) is 0 Å². The Morgan fingerprint density at radius 3 is 2.15 bits per heavy atom. The molecule has 0 amide bonds. The number of alkyl halides is 3. The molecule has 20 heavy (non-hydrogen) atoms. The largest absolute Gasteiger partial charge is 0.528 e. The van der Waals surface area contributed by atoms with E-state index in [0.29, 0.717) is 5.56 Å². The third-order valence-corrected chi connectivity index (χ3v) is 2.61. The molecule has 0 aliphatic heterocycles. The second-order valence-corrected chi connectivity index (χ2v) is 4.23. The van der Waals surface area contributed by atoms with Crippen molar-refractivity contribution in [2.24, 2.45) is 0 Å². The lowest BCUT2D eigenvalue weighted by Crippen LogP contribution is -2.37. The highest BCUT2D eigenvalue weighted by atomic mass is 19.4. The molecule has 8 heteroatoms. The molecular weight excluding hydrogens is 272 g/mol. The molecule has 104 valence electrons. The van der Waals surface area contributed by atoms with E-state index in [9.17, 15) is 13.2 Å². The molecule has 4 nitrogen and oxygen atoms in total. The van der Waals surface area contributed by atoms with E-state index in [1.54, 1.807) is 24.3 Å². The first-order valence-corrected chi connectivity index (χ1v) is 5.67. The summed E-state index contributed by atoms with van der Waals surface area (Å²) in [5, 5.41) is 18.0. The molecule has 2 aromatic rings. The summed E-state index contributed by atoms with van der Waals surface area (Å²) in [5.74, 6) is 0. The molecule has 0 saturated heterocycles. The molecule has 1 heterocycles. The number of nitrogens with zero attached hydrogens (tertiary/aromatic N) is 2. The number of halogens is 3. The first kappa shape index (κ1) is 14.5. The van der Waals surface area contributed by atoms with Crippen molar-refractivity contribution in [2.45, 2.75) is 13.1 Å². The summed E-state index contributed by atoms with van der Waals surface area (Å²) in [5.41, 5.74) is -0.538. The van der Waals surface area contributed by atoms with Crippen molar-refractivity contribution >= 4 is 12.8 Å². The first-order valence-electron chi connectivity index (χ1n) is 5.67. The standard InChI is InChI=1S/C12H10BF3N2O2/c1-7-2-4-8(5-3-7)9-6-10(12(14,15)16)18-11(17-9)13(19)20/h2-6,19-20H,1H3. The molecule has 0 saturated carbocycles. The summed E-state index contributed by atoms with van der Waals surface area (Å²) in [6, 6.07) is 7.42. The molecule has 1 aromatic heterocycles. The van der Waals surface area contributed by atoms with Gasteiger partial charge in [0.15, 0.2) is 5.72 Å². The highest BCUT2D eigenvalue weighted by Gasteiger charge is 2.35. The maximum atomic E-state index is 12.7. The van der Waals surface area contributed by atoms with Gasteiger partial charge in [-0.1, -0.05) is 29.8 Å². The highest BCUT2D eigenvalue weighted by molar-refractivity contribution is 6.56. The Bertz CT molecular complexity index is 615. The molecule has 2 N–H and O–H groups in total. The van der Waals surface area contributed by atoms with E-state index in [2.05, 4.69) is 9.97 Å². The quantitative estimate of drug-likeness (QED) is 0.811. The Morgan fingerprint density at radius 1 is 1.05 bits per heavy atom. The summed E-state index contributed by atoms with van der Waals surface area (Å²) >= 11 is 0. The van der Waals surface area contributed by atoms with Gasteiger partial charge >= 0.3 is 13.3 Å². The Balaban J connectivity index is 2.57. The SMILES string of the molecule is Cc1ccc(-c2cc(C(F)(F)F)nc(B(O)O)n2)cc1. The third kappa shape index (κ3) is 3.15. The molecule has 0 fully saturated rings. The van der Waals surface area contributed by atoms with Gasteiger partial charge in [0.2, 0.25) is 0 Å². The molecule has 0 bridgehead atoms. The monoisotopic (exact) mass is 282 g/mol. The van der Waals surface area contributed by atoms with Gasteiger partial charge in [0.1, 0.15) is 5.69 Å². The van der Waals surface area contributed by atoms with Gasteiger partial charge in [0, 0.05) is 5.56 Å². The van der Waals surface area contributed by atoms with Crippen LogP contribution in [-0.4, -0.2) is 27.1 Å². The third-order valence-electron chi connectivity index (χ3n) is 2.61. The minimum atomic E-state index is -4.69. The van der Waals surface area contributed by atoms with E-state index in [0.717, 1.165) is 11.6 Å². The first-order chi connectivity index (χ1) is 9.27. The van der Waals surface area contributed by atoms with E-state index < -0.39 is 24.7 Å². The van der Waals surface area contributed by atoms with Crippen molar-refractivity contribution in [3.05, 3.63) is 41.6 Å². The van der Waals surface area contributed by atoms with E-state index in [1.807, 2.05) is 6.92 Å². The average Bonchev–Trinajstić information content (AvgIpc) is 2.38. The zero-order valence-electron chi connectivity index (χ0n) is 10.4. The van der Waals surface area contributed by atoms with Gasteiger partial charge in [-0.3, -0.25) is 0 Å². The lowest BCUT2D eigenvalue weighted by Gasteiger charge is -2.10. The highest BCUT2D eigenvalue weighted by Crippen LogP contribution is 2.29. The van der Waals surface area contributed by atoms with Gasteiger partial charge < -0.3 is 10.0 Å². The van der Waals surface area contributed by atoms with Crippen LogP contribution in [0.4, 0.5) is 13.2 Å². The van der Waals surface area contributed by atoms with Crippen LogP contribution >= 0.6 is 0 Å². The van der Waals surface area contributed by atoms with Crippen LogP contribution in [0.15, 0.2) is 30.3 Å². The smallest absolute Gasteiger partial charge is 0.421 e. The molecule has 0 unspecified atom stereocenters. The van der Waals surface area contributed by atoms with Gasteiger partial charge in [-0.05, 0) is 13.0 Å². The molecule has 0 radical (unpaired) electrons. The maximum absolute atomic E-state index is 12.7. The zero-order valence-corrected chi connectivity index (χ0v) is 10.4. The van der Waals surface area contributed by atoms with Crippen LogP contribution in [0.1, 0.15) is 11.3 Å². The predicted octanol–water partition coefficient (Wildman–Crippen LogP) is 1.15. The van der Waals surface area contributed by atoms with Gasteiger partial charge in [0.05, 0.1) is 5.69 Å². The van der Waals surface area contributed by atoms with E-state index in [-0.39, 0.29) is 5.69 Å². The summed E-state index contributed by atoms with van der Waals surface area (Å²) in [4.78, 5) is 6.85. The van der Waals surface area contributed by atoms with Crippen molar-refractivity contribution < 1.29 is 23.2 Å². The van der Waals surface area contributed by atoms with E-state index in [1.165, 1.54) is 0 Å². The number of benzene rings is 1. The Morgan fingerprint density at radius 2 is 1.65 bits per heavy atom. The summed E-state index contributed by atoms with van der Waals surface area (Å²) in [7, 11) is -2.17. The van der Waals surface area contributed by atoms with E-state index >= 15 is 0 Å². The molecule has 0 atom stereocenters. The number of hydrogen-bond donors (Lipinski definition) is 2. The fourth-order valence-electron chi connectivity index (χ4n) is 1.60. The number of aryl methyl sites for hydroxylation is 1. The second-order valence-electron chi connectivity index (χ2n) is 4.23. The van der Waals surface area contributed by atoms with Crippen LogP contribution in [0.2, 0.25) is 0 Å². The van der Waals surface area contributed by atoms with Crippen LogP contribution in [0.5, 0.6) is 0 Å². The van der Waals surface area contributed by atoms with Crippen LogP contribution in [-0.2, 0) is 6.18 Å². The Kier molecular flexibility index (Phi) is 3.78. The van der Waals surface area contributed by atoms with Crippen molar-refractivity contribution in [1.29, 1.82) is 0 Å². The average molecular weight is 282 g/mol. The number of hydrogen-bond acceptors (Lipinski definition) is 4. The van der Waals surface area contributed by atoms with Gasteiger partial charge in [-0.15, -0.1) is 0 Å². The fraction of sp³-hybridized carbons (Fsp3) is 0.167. The minimum absolute atomic E-state index is 0.0181. The van der Waals surface area contributed by atoms with Crippen molar-refractivity contribution in [2.75, 3.05) is 0 Å². The van der Waals surface area contributed by atoms with Gasteiger partial charge in [-0.2, -0.15) is 13.2 Å². The van der Waals surface area contributed by atoms with E-state index in [4.69, 9.17) is 10.0 Å². The summed E-state index contributed by atoms with van der Waals surface area (Å²) in [6.45, 7) is 1.84. The fourth-order valence-corrected chi connectivity index (χ4v) is 1.60. The van der Waals surface area contributed by atoms with Crippen molar-refractivity contribution in [1.82, 2.24) is 9.97 Å². The Hall–Kier alpha value is -1.93. The molecular formula is C12H10BF3N2O2. The number of aromatic nitrogens is 2. The lowest BCUT2D eigenvalue weighted by atomic mass is 9.90. The lowest BCUT2D eigenvalue weighted by molar-refractivity contribution is -0.141. The molecule has 2 rings (SSSR count). The maximum Gasteiger partial charge on any atom is 0.528 e. The van der Waals surface area contributed by atoms with Crippen LogP contribution in [0.3, 0.4) is 0 Å². The molecule has 0 aliphatic rings.